The lowest BCUT2D eigenvalue weighted by Gasteiger charge is -2.33. The lowest BCUT2D eigenvalue weighted by atomic mass is 9.83. The Balaban J connectivity index is 2.79. The molecule has 0 aliphatic rings. The zero-order chi connectivity index (χ0) is 21.1. The number of rotatable bonds is 7. The third-order valence-corrected chi connectivity index (χ3v) is 4.91. The van der Waals surface area contributed by atoms with Crippen LogP contribution >= 0.6 is 0 Å². The molecule has 1 amide bonds. The van der Waals surface area contributed by atoms with Crippen molar-refractivity contribution in [2.75, 3.05) is 14.1 Å². The van der Waals surface area contributed by atoms with E-state index in [2.05, 4.69) is 0 Å². The van der Waals surface area contributed by atoms with Crippen molar-refractivity contribution >= 4 is 17.7 Å². The maximum absolute atomic E-state index is 13.2. The second kappa shape index (κ2) is 8.35. The lowest BCUT2D eigenvalue weighted by Crippen LogP contribution is -2.43. The van der Waals surface area contributed by atoms with Gasteiger partial charge in [-0.05, 0) is 33.5 Å². The van der Waals surface area contributed by atoms with Crippen LogP contribution in [0.3, 0.4) is 0 Å². The fourth-order valence-corrected chi connectivity index (χ4v) is 3.16. The van der Waals surface area contributed by atoms with E-state index < -0.39 is 17.5 Å². The van der Waals surface area contributed by atoms with Gasteiger partial charge in [-0.25, -0.2) is 0 Å². The van der Waals surface area contributed by atoms with E-state index in [1.165, 1.54) is 13.8 Å². The quantitative estimate of drug-likeness (QED) is 0.587. The highest BCUT2D eigenvalue weighted by atomic mass is 16.6. The van der Waals surface area contributed by atoms with E-state index in [0.29, 0.717) is 22.3 Å². The van der Waals surface area contributed by atoms with E-state index in [4.69, 9.17) is 10.5 Å². The van der Waals surface area contributed by atoms with Gasteiger partial charge in [0.15, 0.2) is 5.78 Å². The normalized spacial score (nSPS) is 14.2. The molecule has 0 heterocycles. The Hall–Kier alpha value is -2.99. The van der Waals surface area contributed by atoms with Gasteiger partial charge in [0, 0.05) is 29.7 Å². The smallest absolute Gasteiger partial charge is 0.304 e. The highest BCUT2D eigenvalue weighted by Gasteiger charge is 2.41. The molecule has 6 heteroatoms. The summed E-state index contributed by atoms with van der Waals surface area (Å²) in [6, 6.07) is 13.7. The summed E-state index contributed by atoms with van der Waals surface area (Å²) < 4.78 is 5.35. The molecule has 0 aliphatic carbocycles. The molecule has 0 saturated heterocycles. The fourth-order valence-electron chi connectivity index (χ4n) is 3.16. The van der Waals surface area contributed by atoms with Gasteiger partial charge in [-0.2, -0.15) is 0 Å². The number of carbonyl (C=O) groups is 3. The van der Waals surface area contributed by atoms with Gasteiger partial charge < -0.3 is 15.4 Å². The third kappa shape index (κ3) is 4.12. The van der Waals surface area contributed by atoms with E-state index in [9.17, 15) is 14.4 Å². The number of esters is 1. The minimum Gasteiger partial charge on any atom is -0.444 e. The van der Waals surface area contributed by atoms with Crippen molar-refractivity contribution in [3.8, 4) is 0 Å². The first-order valence-corrected chi connectivity index (χ1v) is 8.98. The summed E-state index contributed by atoms with van der Waals surface area (Å²) in [5.74, 6) is -1.62. The molecule has 0 bridgehead atoms. The Morgan fingerprint density at radius 2 is 1.64 bits per heavy atom. The average molecular weight is 382 g/mol. The van der Waals surface area contributed by atoms with Crippen LogP contribution in [0.15, 0.2) is 48.5 Å². The van der Waals surface area contributed by atoms with Crippen LogP contribution in [-0.4, -0.2) is 36.7 Å². The van der Waals surface area contributed by atoms with E-state index >= 15 is 0 Å². The predicted octanol–water partition coefficient (Wildman–Crippen LogP) is 2.80. The van der Waals surface area contributed by atoms with Gasteiger partial charge in [-0.1, -0.05) is 48.5 Å². The van der Waals surface area contributed by atoms with Gasteiger partial charge >= 0.3 is 5.97 Å². The number of hydrogen-bond acceptors (Lipinski definition) is 5. The lowest BCUT2D eigenvalue weighted by molar-refractivity contribution is -0.164. The first-order chi connectivity index (χ1) is 13.1. The number of ketones is 1. The summed E-state index contributed by atoms with van der Waals surface area (Å²) >= 11 is 0. The number of ether oxygens (including phenoxy) is 1. The molecule has 148 valence electrons. The second-order valence-corrected chi connectivity index (χ2v) is 7.09. The number of amides is 1. The highest BCUT2D eigenvalue weighted by Crippen LogP contribution is 2.36. The molecule has 2 atom stereocenters. The van der Waals surface area contributed by atoms with Crippen LogP contribution in [0.25, 0.3) is 0 Å². The number of nitrogens with two attached hydrogens (primary N) is 1. The molecule has 2 aromatic rings. The van der Waals surface area contributed by atoms with Gasteiger partial charge in [0.2, 0.25) is 5.60 Å². The third-order valence-electron chi connectivity index (χ3n) is 4.91. The van der Waals surface area contributed by atoms with Crippen LogP contribution in [0, 0.1) is 0 Å². The molecular formula is C22H26N2O4. The van der Waals surface area contributed by atoms with Crippen LogP contribution in [0.4, 0.5) is 0 Å². The molecule has 0 saturated carbocycles. The summed E-state index contributed by atoms with van der Waals surface area (Å²) in [6.45, 7) is 4.58. The molecule has 0 aliphatic heterocycles. The predicted molar refractivity (Wildman–Crippen MR) is 107 cm³/mol. The maximum atomic E-state index is 13.2. The number of hydrogen-bond donors (Lipinski definition) is 1. The Labute approximate surface area is 165 Å². The molecular weight excluding hydrogens is 356 g/mol. The van der Waals surface area contributed by atoms with Gasteiger partial charge in [-0.15, -0.1) is 0 Å². The van der Waals surface area contributed by atoms with Crippen LogP contribution in [0.1, 0.15) is 53.9 Å². The molecule has 2 aromatic carbocycles. The van der Waals surface area contributed by atoms with Crippen LogP contribution in [0.2, 0.25) is 0 Å². The van der Waals surface area contributed by atoms with Gasteiger partial charge in [0.25, 0.3) is 5.91 Å². The minimum atomic E-state index is -1.70. The van der Waals surface area contributed by atoms with Crippen LogP contribution in [0.5, 0.6) is 0 Å². The van der Waals surface area contributed by atoms with Crippen molar-refractivity contribution in [2.45, 2.75) is 32.4 Å². The highest BCUT2D eigenvalue weighted by molar-refractivity contribution is 6.10. The summed E-state index contributed by atoms with van der Waals surface area (Å²) in [5, 5.41) is 0. The summed E-state index contributed by atoms with van der Waals surface area (Å²) in [6.07, 6.45) is 0. The molecule has 2 unspecified atom stereocenters. The van der Waals surface area contributed by atoms with Crippen LogP contribution in [-0.2, 0) is 19.9 Å². The summed E-state index contributed by atoms with van der Waals surface area (Å²) in [4.78, 5) is 39.1. The number of primary amides is 1. The Kier molecular flexibility index (Phi) is 6.36. The molecule has 6 nitrogen and oxygen atoms in total. The molecule has 0 spiro atoms. The van der Waals surface area contributed by atoms with Crippen molar-refractivity contribution < 1.29 is 19.1 Å². The zero-order valence-corrected chi connectivity index (χ0v) is 16.9. The molecule has 2 N–H and O–H groups in total. The van der Waals surface area contributed by atoms with E-state index in [0.717, 1.165) is 0 Å². The monoisotopic (exact) mass is 382 g/mol. The first-order valence-electron chi connectivity index (χ1n) is 8.98. The molecule has 0 radical (unpaired) electrons. The van der Waals surface area contributed by atoms with Crippen molar-refractivity contribution in [3.63, 3.8) is 0 Å². The molecule has 2 rings (SSSR count). The molecule has 28 heavy (non-hydrogen) atoms. The Morgan fingerprint density at radius 1 is 1.04 bits per heavy atom. The number of carbonyl (C=O) groups excluding carboxylic acids is 3. The Bertz CT molecular complexity index is 893. The molecule has 0 aromatic heterocycles. The van der Waals surface area contributed by atoms with Crippen molar-refractivity contribution in [1.82, 2.24) is 4.90 Å². The van der Waals surface area contributed by atoms with E-state index in [1.807, 2.05) is 32.0 Å². The van der Waals surface area contributed by atoms with Gasteiger partial charge in [0.05, 0.1) is 0 Å². The van der Waals surface area contributed by atoms with Crippen molar-refractivity contribution in [2.24, 2.45) is 5.73 Å². The Morgan fingerprint density at radius 3 is 2.14 bits per heavy atom. The van der Waals surface area contributed by atoms with E-state index in [1.54, 1.807) is 42.5 Å². The van der Waals surface area contributed by atoms with Gasteiger partial charge in [0.1, 0.15) is 0 Å². The van der Waals surface area contributed by atoms with Crippen molar-refractivity contribution in [1.29, 1.82) is 0 Å². The molecule has 0 fully saturated rings. The van der Waals surface area contributed by atoms with E-state index in [-0.39, 0.29) is 11.8 Å². The number of nitrogens with zero attached hydrogens (tertiary/aromatic N) is 1. The second-order valence-electron chi connectivity index (χ2n) is 7.09. The van der Waals surface area contributed by atoms with Crippen LogP contribution < -0.4 is 5.73 Å². The average Bonchev–Trinajstić information content (AvgIpc) is 2.66. The SMILES string of the molecule is CC(=O)OC(C)(C(N)=O)c1cccc(C(=O)c2ccccc2)c1C(C)N(C)C. The standard InChI is InChI=1S/C22H26N2O4/c1-14(24(4)5)19-17(20(26)16-10-7-6-8-11-16)12-9-13-18(19)22(3,21(23)27)28-15(2)25/h6-14H,1-5H3,(H2,23,27). The van der Waals surface area contributed by atoms with Crippen molar-refractivity contribution in [3.05, 3.63) is 70.8 Å². The summed E-state index contributed by atoms with van der Waals surface area (Å²) in [7, 11) is 3.73. The minimum absolute atomic E-state index is 0.180. The maximum Gasteiger partial charge on any atom is 0.304 e. The first kappa shape index (κ1) is 21.3. The fraction of sp³-hybridized carbons (Fsp3) is 0.318. The summed E-state index contributed by atoms with van der Waals surface area (Å²) in [5.41, 5.74) is 5.89. The van der Waals surface area contributed by atoms with Gasteiger partial charge in [-0.3, -0.25) is 14.4 Å². The largest absolute Gasteiger partial charge is 0.444 e. The topological polar surface area (TPSA) is 89.7 Å². The zero-order valence-electron chi connectivity index (χ0n) is 16.9. The number of benzene rings is 2.